The largest absolute Gasteiger partial charge is 0.458 e. The standard InChI is InChI=1S/C13H22F2O5S/c1-12(2,3)10-6-4-9(5-7-10)11(16)20-8-13(14,15)21(17,18)19/h9-10H,4-8H2,1-3H3,(H,17,18,19). The molecule has 0 radical (unpaired) electrons. The Morgan fingerprint density at radius 1 is 1.19 bits per heavy atom. The molecule has 124 valence electrons. The molecule has 1 fully saturated rings. The number of esters is 1. The monoisotopic (exact) mass is 328 g/mol. The summed E-state index contributed by atoms with van der Waals surface area (Å²) in [5, 5.41) is -4.47. The maximum atomic E-state index is 13.0. The molecular formula is C13H22F2O5S. The zero-order chi connectivity index (χ0) is 16.5. The first-order chi connectivity index (χ1) is 9.34. The van der Waals surface area contributed by atoms with Gasteiger partial charge in [0, 0.05) is 0 Å². The molecule has 0 spiro atoms. The first-order valence-electron chi connectivity index (χ1n) is 6.86. The van der Waals surface area contributed by atoms with Crippen molar-refractivity contribution in [1.82, 2.24) is 0 Å². The van der Waals surface area contributed by atoms with E-state index in [2.05, 4.69) is 25.5 Å². The van der Waals surface area contributed by atoms with E-state index in [-0.39, 0.29) is 5.41 Å². The van der Waals surface area contributed by atoms with Crippen LogP contribution in [0.1, 0.15) is 46.5 Å². The van der Waals surface area contributed by atoms with E-state index in [4.69, 9.17) is 4.55 Å². The van der Waals surface area contributed by atoms with E-state index in [0.717, 1.165) is 12.8 Å². The van der Waals surface area contributed by atoms with Gasteiger partial charge in [-0.3, -0.25) is 9.35 Å². The fraction of sp³-hybridized carbons (Fsp3) is 0.923. The van der Waals surface area contributed by atoms with Crippen molar-refractivity contribution < 1.29 is 31.3 Å². The van der Waals surface area contributed by atoms with Gasteiger partial charge in [0.1, 0.15) is 0 Å². The quantitative estimate of drug-likeness (QED) is 0.634. The molecule has 0 saturated heterocycles. The van der Waals surface area contributed by atoms with Crippen LogP contribution in [0.5, 0.6) is 0 Å². The normalized spacial score (nSPS) is 24.7. The van der Waals surface area contributed by atoms with Crippen LogP contribution in [0.15, 0.2) is 0 Å². The second-order valence-electron chi connectivity index (χ2n) is 6.63. The Kier molecular flexibility index (Phi) is 5.36. The highest BCUT2D eigenvalue weighted by atomic mass is 32.2. The lowest BCUT2D eigenvalue weighted by atomic mass is 9.70. The van der Waals surface area contributed by atoms with Crippen molar-refractivity contribution in [1.29, 1.82) is 0 Å². The molecule has 1 aliphatic carbocycles. The summed E-state index contributed by atoms with van der Waals surface area (Å²) >= 11 is 0. The van der Waals surface area contributed by atoms with E-state index in [9.17, 15) is 22.0 Å². The summed E-state index contributed by atoms with van der Waals surface area (Å²) in [6, 6.07) is 0. The smallest absolute Gasteiger partial charge is 0.402 e. The number of alkyl halides is 2. The molecule has 0 aromatic heterocycles. The molecule has 0 amide bonds. The number of hydrogen-bond donors (Lipinski definition) is 1. The summed E-state index contributed by atoms with van der Waals surface area (Å²) in [4.78, 5) is 11.7. The average molecular weight is 328 g/mol. The van der Waals surface area contributed by atoms with E-state index in [0.29, 0.717) is 18.8 Å². The number of rotatable bonds is 4. The topological polar surface area (TPSA) is 80.7 Å². The summed E-state index contributed by atoms with van der Waals surface area (Å²) in [6.45, 7) is 4.69. The van der Waals surface area contributed by atoms with Crippen LogP contribution in [0.25, 0.3) is 0 Å². The molecule has 0 atom stereocenters. The molecule has 1 saturated carbocycles. The Balaban J connectivity index is 2.49. The van der Waals surface area contributed by atoms with Crippen LogP contribution in [0.4, 0.5) is 8.78 Å². The second-order valence-corrected chi connectivity index (χ2v) is 8.18. The highest BCUT2D eigenvalue weighted by Gasteiger charge is 2.46. The maximum Gasteiger partial charge on any atom is 0.402 e. The SMILES string of the molecule is CC(C)(C)C1CCC(C(=O)OCC(F)(F)S(=O)(=O)O)CC1. The van der Waals surface area contributed by atoms with Gasteiger partial charge in [0.25, 0.3) is 0 Å². The number of carbonyl (C=O) groups is 1. The summed E-state index contributed by atoms with van der Waals surface area (Å²) in [7, 11) is -5.57. The van der Waals surface area contributed by atoms with Crippen molar-refractivity contribution in [3.8, 4) is 0 Å². The number of hydrogen-bond acceptors (Lipinski definition) is 4. The van der Waals surface area contributed by atoms with E-state index >= 15 is 0 Å². The van der Waals surface area contributed by atoms with Gasteiger partial charge >= 0.3 is 21.3 Å². The van der Waals surface area contributed by atoms with Crippen molar-refractivity contribution in [2.45, 2.75) is 51.7 Å². The third-order valence-electron chi connectivity index (χ3n) is 4.05. The molecular weight excluding hydrogens is 306 g/mol. The van der Waals surface area contributed by atoms with Crippen molar-refractivity contribution in [3.63, 3.8) is 0 Å². The molecule has 8 heteroatoms. The molecule has 5 nitrogen and oxygen atoms in total. The molecule has 1 aliphatic rings. The number of halogens is 2. The van der Waals surface area contributed by atoms with E-state index in [1.165, 1.54) is 0 Å². The van der Waals surface area contributed by atoms with Gasteiger partial charge in [-0.1, -0.05) is 20.8 Å². The third kappa shape index (κ3) is 4.88. The Morgan fingerprint density at radius 2 is 1.67 bits per heavy atom. The second kappa shape index (κ2) is 6.16. The Bertz CT molecular complexity index is 473. The van der Waals surface area contributed by atoms with Crippen molar-refractivity contribution in [2.24, 2.45) is 17.3 Å². The Hall–Kier alpha value is -0.760. The van der Waals surface area contributed by atoms with Gasteiger partial charge in [0.2, 0.25) is 0 Å². The Morgan fingerprint density at radius 3 is 2.05 bits per heavy atom. The lowest BCUT2D eigenvalue weighted by molar-refractivity contribution is -0.156. The van der Waals surface area contributed by atoms with Crippen molar-refractivity contribution in [2.75, 3.05) is 6.61 Å². The summed E-state index contributed by atoms with van der Waals surface area (Å²) < 4.78 is 59.4. The van der Waals surface area contributed by atoms with Gasteiger partial charge in [-0.2, -0.15) is 17.2 Å². The number of carbonyl (C=O) groups excluding carboxylic acids is 1. The van der Waals surface area contributed by atoms with E-state index in [1.807, 2.05) is 0 Å². The first kappa shape index (κ1) is 18.3. The van der Waals surface area contributed by atoms with Gasteiger partial charge in [0.15, 0.2) is 6.61 Å². The van der Waals surface area contributed by atoms with Gasteiger partial charge in [0.05, 0.1) is 5.92 Å². The van der Waals surface area contributed by atoms with Crippen LogP contribution in [-0.2, 0) is 19.6 Å². The highest BCUT2D eigenvalue weighted by molar-refractivity contribution is 7.86. The molecule has 0 aromatic rings. The average Bonchev–Trinajstić information content (AvgIpc) is 2.34. The zero-order valence-electron chi connectivity index (χ0n) is 12.4. The van der Waals surface area contributed by atoms with Crippen LogP contribution in [0, 0.1) is 17.3 Å². The molecule has 0 aliphatic heterocycles. The first-order valence-corrected chi connectivity index (χ1v) is 8.30. The van der Waals surface area contributed by atoms with Gasteiger partial charge in [-0.05, 0) is 37.0 Å². The lowest BCUT2D eigenvalue weighted by Gasteiger charge is -2.36. The maximum absolute atomic E-state index is 13.0. The molecule has 0 bridgehead atoms. The molecule has 21 heavy (non-hydrogen) atoms. The summed E-state index contributed by atoms with van der Waals surface area (Å²) in [5.41, 5.74) is 0.132. The van der Waals surface area contributed by atoms with Gasteiger partial charge in [-0.15, -0.1) is 0 Å². The van der Waals surface area contributed by atoms with Crippen LogP contribution < -0.4 is 0 Å². The fourth-order valence-corrected chi connectivity index (χ4v) is 2.75. The summed E-state index contributed by atoms with van der Waals surface area (Å²) in [6.07, 6.45) is 2.69. The molecule has 1 N–H and O–H groups in total. The van der Waals surface area contributed by atoms with Crippen LogP contribution in [-0.4, -0.2) is 30.8 Å². The predicted octanol–water partition coefficient (Wildman–Crippen LogP) is 2.86. The molecule has 1 rings (SSSR count). The Labute approximate surface area is 123 Å². The molecule has 0 aromatic carbocycles. The van der Waals surface area contributed by atoms with Crippen LogP contribution in [0.2, 0.25) is 0 Å². The van der Waals surface area contributed by atoms with E-state index in [1.54, 1.807) is 0 Å². The highest BCUT2D eigenvalue weighted by Crippen LogP contribution is 2.40. The fourth-order valence-electron chi connectivity index (χ4n) is 2.54. The van der Waals surface area contributed by atoms with Crippen molar-refractivity contribution in [3.05, 3.63) is 0 Å². The van der Waals surface area contributed by atoms with Crippen LogP contribution in [0.3, 0.4) is 0 Å². The minimum atomic E-state index is -5.57. The van der Waals surface area contributed by atoms with Crippen LogP contribution >= 0.6 is 0 Å². The minimum absolute atomic E-state index is 0.132. The van der Waals surface area contributed by atoms with Gasteiger partial charge < -0.3 is 4.74 Å². The third-order valence-corrected chi connectivity index (χ3v) is 4.92. The minimum Gasteiger partial charge on any atom is -0.458 e. The zero-order valence-corrected chi connectivity index (χ0v) is 13.3. The lowest BCUT2D eigenvalue weighted by Crippen LogP contribution is -2.36. The predicted molar refractivity (Wildman–Crippen MR) is 72.4 cm³/mol. The van der Waals surface area contributed by atoms with Crippen molar-refractivity contribution >= 4 is 16.1 Å². The summed E-state index contributed by atoms with van der Waals surface area (Å²) in [5.74, 6) is -0.854. The molecule has 0 unspecified atom stereocenters. The van der Waals surface area contributed by atoms with E-state index < -0.39 is 33.9 Å². The van der Waals surface area contributed by atoms with Gasteiger partial charge in [-0.25, -0.2) is 0 Å². The number of ether oxygens (including phenoxy) is 1. The molecule has 0 heterocycles.